The van der Waals surface area contributed by atoms with E-state index in [9.17, 15) is 9.90 Å². The van der Waals surface area contributed by atoms with E-state index in [1.54, 1.807) is 0 Å². The Morgan fingerprint density at radius 1 is 0.800 bits per heavy atom. The first-order valence-electron chi connectivity index (χ1n) is 10.7. The second kappa shape index (κ2) is 19.5. The number of aliphatic carboxylic acids is 1. The topological polar surface area (TPSA) is 57.5 Å². The molecule has 3 heteroatoms. The van der Waals surface area contributed by atoms with Crippen molar-refractivity contribution in [1.29, 1.82) is 0 Å². The summed E-state index contributed by atoms with van der Waals surface area (Å²) in [4.78, 5) is 10.4. The summed E-state index contributed by atoms with van der Waals surface area (Å²) < 4.78 is 0. The van der Waals surface area contributed by atoms with Crippen LogP contribution >= 0.6 is 0 Å². The molecule has 0 saturated carbocycles. The molecule has 0 aromatic rings. The molecule has 148 valence electrons. The number of carboxylic acid groups (broad SMARTS) is 1. The van der Waals surface area contributed by atoms with Crippen molar-refractivity contribution in [3.05, 3.63) is 12.2 Å². The minimum Gasteiger partial charge on any atom is -0.481 e. The van der Waals surface area contributed by atoms with Crippen molar-refractivity contribution in [1.82, 2.24) is 0 Å². The number of aliphatic hydroxyl groups excluding tert-OH is 1. The lowest BCUT2D eigenvalue weighted by Crippen LogP contribution is -2.04. The van der Waals surface area contributed by atoms with E-state index < -0.39 is 5.97 Å². The molecule has 0 aliphatic rings. The van der Waals surface area contributed by atoms with E-state index in [1.807, 2.05) is 0 Å². The van der Waals surface area contributed by atoms with Crippen LogP contribution in [0.15, 0.2) is 12.2 Å². The monoisotopic (exact) mass is 354 g/mol. The molecule has 3 nitrogen and oxygen atoms in total. The molecule has 0 spiro atoms. The van der Waals surface area contributed by atoms with Gasteiger partial charge in [-0.15, -0.1) is 0 Å². The van der Waals surface area contributed by atoms with Gasteiger partial charge >= 0.3 is 5.97 Å². The summed E-state index contributed by atoms with van der Waals surface area (Å²) in [5, 5.41) is 18.4. The molecule has 2 N–H and O–H groups in total. The van der Waals surface area contributed by atoms with E-state index in [-0.39, 0.29) is 6.10 Å². The summed E-state index contributed by atoms with van der Waals surface area (Å²) in [6.07, 6.45) is 23.2. The van der Waals surface area contributed by atoms with Crippen LogP contribution in [-0.2, 0) is 4.79 Å². The molecular weight excluding hydrogens is 312 g/mol. The number of carbonyl (C=O) groups is 1. The number of aliphatic hydroxyl groups is 1. The van der Waals surface area contributed by atoms with Crippen LogP contribution in [0, 0.1) is 0 Å². The van der Waals surface area contributed by atoms with E-state index in [0.717, 1.165) is 38.5 Å². The van der Waals surface area contributed by atoms with Gasteiger partial charge in [0.05, 0.1) is 6.10 Å². The highest BCUT2D eigenvalue weighted by Gasteiger charge is 2.00. The van der Waals surface area contributed by atoms with Crippen LogP contribution in [0.2, 0.25) is 0 Å². The lowest BCUT2D eigenvalue weighted by atomic mass is 10.0. The van der Waals surface area contributed by atoms with Gasteiger partial charge in [-0.1, -0.05) is 89.7 Å². The summed E-state index contributed by atoms with van der Waals surface area (Å²) in [5.41, 5.74) is 0. The van der Waals surface area contributed by atoms with Crippen LogP contribution in [0.4, 0.5) is 0 Å². The zero-order chi connectivity index (χ0) is 18.6. The number of rotatable bonds is 19. The zero-order valence-corrected chi connectivity index (χ0v) is 16.6. The second-order valence-corrected chi connectivity index (χ2v) is 7.32. The number of unbranched alkanes of at least 4 members (excludes halogenated alkanes) is 12. The maximum atomic E-state index is 10.4. The van der Waals surface area contributed by atoms with E-state index in [1.165, 1.54) is 64.2 Å². The molecule has 1 unspecified atom stereocenters. The number of hydrogen-bond donors (Lipinski definition) is 2. The summed E-state index contributed by atoms with van der Waals surface area (Å²) >= 11 is 0. The van der Waals surface area contributed by atoms with Crippen LogP contribution in [0.5, 0.6) is 0 Å². The first-order chi connectivity index (χ1) is 12.2. The highest BCUT2D eigenvalue weighted by molar-refractivity contribution is 5.66. The van der Waals surface area contributed by atoms with Gasteiger partial charge in [0.15, 0.2) is 0 Å². The number of hydrogen-bond acceptors (Lipinski definition) is 2. The van der Waals surface area contributed by atoms with Crippen LogP contribution < -0.4 is 0 Å². The molecule has 0 heterocycles. The first kappa shape index (κ1) is 24.2. The summed E-state index contributed by atoms with van der Waals surface area (Å²) in [6.45, 7) is 2.21. The van der Waals surface area contributed by atoms with Gasteiger partial charge in [0.25, 0.3) is 0 Å². The standard InChI is InChI=1S/C22H42O3/c1-2-3-4-15-18-21(23)19-16-13-11-9-7-5-6-8-10-12-14-17-20-22(24)25/h13,16,21,23H,2-12,14-15,17-20H2,1H3,(H,24,25)/b16-13+. The van der Waals surface area contributed by atoms with Crippen LogP contribution in [0.1, 0.15) is 116 Å². The molecule has 0 aromatic heterocycles. The third kappa shape index (κ3) is 21.1. The SMILES string of the molecule is CCCCCCC(O)C/C=C/CCCCCCCCCCCC(=O)O. The van der Waals surface area contributed by atoms with E-state index >= 15 is 0 Å². The maximum Gasteiger partial charge on any atom is 0.303 e. The van der Waals surface area contributed by atoms with Gasteiger partial charge in [-0.05, 0) is 32.1 Å². The molecule has 0 rings (SSSR count). The fourth-order valence-electron chi connectivity index (χ4n) is 3.07. The molecule has 0 radical (unpaired) electrons. The predicted octanol–water partition coefficient (Wildman–Crippen LogP) is 6.64. The van der Waals surface area contributed by atoms with Crippen LogP contribution in [0.25, 0.3) is 0 Å². The molecular formula is C22H42O3. The van der Waals surface area contributed by atoms with Gasteiger partial charge < -0.3 is 10.2 Å². The molecule has 0 aliphatic heterocycles. The van der Waals surface area contributed by atoms with Gasteiger partial charge in [0.2, 0.25) is 0 Å². The molecule has 0 amide bonds. The quantitative estimate of drug-likeness (QED) is 0.202. The zero-order valence-electron chi connectivity index (χ0n) is 16.6. The van der Waals surface area contributed by atoms with Gasteiger partial charge in [-0.3, -0.25) is 4.79 Å². The average molecular weight is 355 g/mol. The van der Waals surface area contributed by atoms with Crippen molar-refractivity contribution in [3.63, 3.8) is 0 Å². The van der Waals surface area contributed by atoms with Crippen molar-refractivity contribution in [3.8, 4) is 0 Å². The normalized spacial score (nSPS) is 12.7. The maximum absolute atomic E-state index is 10.4. The number of carboxylic acids is 1. The Hall–Kier alpha value is -0.830. The van der Waals surface area contributed by atoms with Crippen LogP contribution in [0.3, 0.4) is 0 Å². The van der Waals surface area contributed by atoms with Gasteiger partial charge in [-0.2, -0.15) is 0 Å². The Bertz CT molecular complexity index is 312. The van der Waals surface area contributed by atoms with E-state index in [2.05, 4.69) is 19.1 Å². The highest BCUT2D eigenvalue weighted by Crippen LogP contribution is 2.12. The van der Waals surface area contributed by atoms with Gasteiger partial charge in [-0.25, -0.2) is 0 Å². The Labute approximate surface area is 155 Å². The fourth-order valence-corrected chi connectivity index (χ4v) is 3.07. The van der Waals surface area contributed by atoms with Crippen molar-refractivity contribution in [2.24, 2.45) is 0 Å². The first-order valence-corrected chi connectivity index (χ1v) is 10.7. The molecule has 0 aliphatic carbocycles. The van der Waals surface area contributed by atoms with Crippen molar-refractivity contribution in [2.45, 2.75) is 122 Å². The van der Waals surface area contributed by atoms with Crippen molar-refractivity contribution < 1.29 is 15.0 Å². The molecule has 0 bridgehead atoms. The molecule has 0 saturated heterocycles. The Morgan fingerprint density at radius 3 is 1.96 bits per heavy atom. The molecule has 1 atom stereocenters. The van der Waals surface area contributed by atoms with E-state index in [4.69, 9.17) is 5.11 Å². The smallest absolute Gasteiger partial charge is 0.303 e. The van der Waals surface area contributed by atoms with Crippen LogP contribution in [-0.4, -0.2) is 22.3 Å². The summed E-state index contributed by atoms with van der Waals surface area (Å²) in [6, 6.07) is 0. The highest BCUT2D eigenvalue weighted by atomic mass is 16.4. The molecule has 0 aromatic carbocycles. The summed E-state index contributed by atoms with van der Waals surface area (Å²) in [7, 11) is 0. The fraction of sp³-hybridized carbons (Fsp3) is 0.864. The van der Waals surface area contributed by atoms with Crippen molar-refractivity contribution >= 4 is 5.97 Å². The Balaban J connectivity index is 3.20. The Kier molecular flexibility index (Phi) is 18.8. The largest absolute Gasteiger partial charge is 0.481 e. The second-order valence-electron chi connectivity index (χ2n) is 7.32. The lowest BCUT2D eigenvalue weighted by Gasteiger charge is -2.07. The van der Waals surface area contributed by atoms with Crippen molar-refractivity contribution in [2.75, 3.05) is 0 Å². The average Bonchev–Trinajstić information content (AvgIpc) is 2.58. The third-order valence-electron chi connectivity index (χ3n) is 4.73. The molecule has 0 fully saturated rings. The summed E-state index contributed by atoms with van der Waals surface area (Å²) in [5.74, 6) is -0.671. The third-order valence-corrected chi connectivity index (χ3v) is 4.73. The lowest BCUT2D eigenvalue weighted by molar-refractivity contribution is -0.137. The predicted molar refractivity (Wildman–Crippen MR) is 107 cm³/mol. The van der Waals surface area contributed by atoms with E-state index in [0.29, 0.717) is 6.42 Å². The minimum absolute atomic E-state index is 0.149. The number of allylic oxidation sites excluding steroid dienone is 1. The Morgan fingerprint density at radius 2 is 1.36 bits per heavy atom. The minimum atomic E-state index is -0.671. The van der Waals surface area contributed by atoms with Gasteiger partial charge in [0.1, 0.15) is 0 Å². The molecule has 25 heavy (non-hydrogen) atoms. The van der Waals surface area contributed by atoms with Gasteiger partial charge in [0, 0.05) is 6.42 Å².